The molecule has 21 heavy (non-hydrogen) atoms. The highest BCUT2D eigenvalue weighted by atomic mass is 32.2. The highest BCUT2D eigenvalue weighted by Gasteiger charge is 2.24. The molecule has 0 radical (unpaired) electrons. The van der Waals surface area contributed by atoms with Crippen LogP contribution in [-0.2, 0) is 21.4 Å². The Morgan fingerprint density at radius 1 is 1.33 bits per heavy atom. The molecule has 9 heteroatoms. The number of nitrogens with one attached hydrogen (secondary N) is 2. The van der Waals surface area contributed by atoms with Gasteiger partial charge in [0.2, 0.25) is 10.0 Å². The van der Waals surface area contributed by atoms with Crippen molar-refractivity contribution in [3.63, 3.8) is 0 Å². The molecule has 120 valence electrons. The molecule has 0 saturated heterocycles. The van der Waals surface area contributed by atoms with Gasteiger partial charge in [0.25, 0.3) is 0 Å². The van der Waals surface area contributed by atoms with E-state index < -0.39 is 16.0 Å². The highest BCUT2D eigenvalue weighted by Crippen LogP contribution is 2.19. The Kier molecular flexibility index (Phi) is 6.31. The molecular weight excluding hydrogens is 296 g/mol. The zero-order valence-electron chi connectivity index (χ0n) is 12.5. The van der Waals surface area contributed by atoms with E-state index in [1.165, 1.54) is 4.68 Å². The molecule has 1 heterocycles. The SMILES string of the molecule is CNCCCNS(=O)(=O)c1c(C)nn(CCC(=O)O)c1C. The molecule has 0 aliphatic rings. The Morgan fingerprint density at radius 2 is 2.00 bits per heavy atom. The number of aryl methyl sites for hydroxylation is 2. The molecule has 0 atom stereocenters. The second-order valence-electron chi connectivity index (χ2n) is 4.72. The molecular formula is C12H22N4O4S. The smallest absolute Gasteiger partial charge is 0.305 e. The summed E-state index contributed by atoms with van der Waals surface area (Å²) in [5, 5.41) is 15.7. The molecule has 0 aliphatic heterocycles. The standard InChI is InChI=1S/C12H22N4O4S/c1-9-12(21(19,20)14-7-4-6-13-3)10(2)16(15-9)8-5-11(17)18/h13-14H,4-8H2,1-3H3,(H,17,18). The number of hydrogen-bond acceptors (Lipinski definition) is 5. The Morgan fingerprint density at radius 3 is 2.57 bits per heavy atom. The first-order chi connectivity index (χ1) is 9.79. The van der Waals surface area contributed by atoms with E-state index in [1.807, 2.05) is 0 Å². The zero-order valence-corrected chi connectivity index (χ0v) is 13.3. The van der Waals surface area contributed by atoms with Gasteiger partial charge in [-0.2, -0.15) is 5.10 Å². The lowest BCUT2D eigenvalue weighted by atomic mass is 10.4. The number of rotatable bonds is 9. The van der Waals surface area contributed by atoms with E-state index in [2.05, 4.69) is 15.1 Å². The van der Waals surface area contributed by atoms with Crippen LogP contribution in [0.25, 0.3) is 0 Å². The van der Waals surface area contributed by atoms with Gasteiger partial charge in [0.05, 0.1) is 24.4 Å². The average Bonchev–Trinajstić information content (AvgIpc) is 2.67. The summed E-state index contributed by atoms with van der Waals surface area (Å²) in [5.41, 5.74) is 0.828. The summed E-state index contributed by atoms with van der Waals surface area (Å²) in [6.45, 7) is 4.44. The van der Waals surface area contributed by atoms with E-state index >= 15 is 0 Å². The lowest BCUT2D eigenvalue weighted by Crippen LogP contribution is -2.27. The predicted molar refractivity (Wildman–Crippen MR) is 77.7 cm³/mol. The van der Waals surface area contributed by atoms with Crippen molar-refractivity contribution in [3.05, 3.63) is 11.4 Å². The maximum absolute atomic E-state index is 12.3. The molecule has 0 saturated carbocycles. The second kappa shape index (κ2) is 7.53. The minimum Gasteiger partial charge on any atom is -0.481 e. The summed E-state index contributed by atoms with van der Waals surface area (Å²) in [7, 11) is -1.83. The molecule has 0 fully saturated rings. The molecule has 1 rings (SSSR count). The first-order valence-electron chi connectivity index (χ1n) is 6.69. The van der Waals surface area contributed by atoms with E-state index in [1.54, 1.807) is 20.9 Å². The first-order valence-corrected chi connectivity index (χ1v) is 8.18. The third-order valence-corrected chi connectivity index (χ3v) is 4.73. The Hall–Kier alpha value is -1.45. The summed E-state index contributed by atoms with van der Waals surface area (Å²) in [6, 6.07) is 0. The highest BCUT2D eigenvalue weighted by molar-refractivity contribution is 7.89. The largest absolute Gasteiger partial charge is 0.481 e. The summed E-state index contributed by atoms with van der Waals surface area (Å²) >= 11 is 0. The van der Waals surface area contributed by atoms with Crippen molar-refractivity contribution < 1.29 is 18.3 Å². The van der Waals surface area contributed by atoms with Gasteiger partial charge in [-0.25, -0.2) is 13.1 Å². The van der Waals surface area contributed by atoms with E-state index in [0.717, 1.165) is 6.54 Å². The van der Waals surface area contributed by atoms with Gasteiger partial charge in [0, 0.05) is 6.54 Å². The molecule has 8 nitrogen and oxygen atoms in total. The molecule has 3 N–H and O–H groups in total. The fraction of sp³-hybridized carbons (Fsp3) is 0.667. The van der Waals surface area contributed by atoms with Crippen LogP contribution in [0.2, 0.25) is 0 Å². The number of nitrogens with zero attached hydrogens (tertiary/aromatic N) is 2. The third-order valence-electron chi connectivity index (χ3n) is 3.02. The molecule has 0 aliphatic carbocycles. The molecule has 0 bridgehead atoms. The van der Waals surface area contributed by atoms with Gasteiger partial charge >= 0.3 is 5.97 Å². The van der Waals surface area contributed by atoms with E-state index in [0.29, 0.717) is 24.4 Å². The maximum Gasteiger partial charge on any atom is 0.305 e. The normalized spacial score (nSPS) is 11.8. The fourth-order valence-corrected chi connectivity index (χ4v) is 3.51. The van der Waals surface area contributed by atoms with Crippen molar-refractivity contribution in [1.29, 1.82) is 0 Å². The summed E-state index contributed by atoms with van der Waals surface area (Å²) < 4.78 is 28.5. The Labute approximate surface area is 124 Å². The third kappa shape index (κ3) is 4.80. The fourth-order valence-electron chi connectivity index (χ4n) is 2.03. The maximum atomic E-state index is 12.3. The number of carboxylic acids is 1. The van der Waals surface area contributed by atoms with Crippen LogP contribution in [0.15, 0.2) is 4.90 Å². The molecule has 0 amide bonds. The predicted octanol–water partition coefficient (Wildman–Crippen LogP) is -0.138. The summed E-state index contributed by atoms with van der Waals surface area (Å²) in [4.78, 5) is 10.7. The van der Waals surface area contributed by atoms with Crippen LogP contribution in [0.5, 0.6) is 0 Å². The van der Waals surface area contributed by atoms with Gasteiger partial charge in [-0.1, -0.05) is 0 Å². The summed E-state index contributed by atoms with van der Waals surface area (Å²) in [6.07, 6.45) is 0.581. The van der Waals surface area contributed by atoms with Crippen molar-refractivity contribution >= 4 is 16.0 Å². The number of hydrogen-bond donors (Lipinski definition) is 3. The van der Waals surface area contributed by atoms with Crippen LogP contribution < -0.4 is 10.0 Å². The molecule has 0 unspecified atom stereocenters. The monoisotopic (exact) mass is 318 g/mol. The first kappa shape index (κ1) is 17.6. The van der Waals surface area contributed by atoms with Gasteiger partial charge in [0.15, 0.2) is 0 Å². The summed E-state index contributed by atoms with van der Waals surface area (Å²) in [5.74, 6) is -0.947. The van der Waals surface area contributed by atoms with Crippen LogP contribution in [0.3, 0.4) is 0 Å². The van der Waals surface area contributed by atoms with Gasteiger partial charge in [-0.15, -0.1) is 0 Å². The molecule has 0 spiro atoms. The molecule has 0 aromatic carbocycles. The minimum atomic E-state index is -3.63. The number of aliphatic carboxylic acids is 1. The van der Waals surface area contributed by atoms with Crippen LogP contribution in [-0.4, -0.2) is 49.4 Å². The van der Waals surface area contributed by atoms with E-state index in [4.69, 9.17) is 5.11 Å². The van der Waals surface area contributed by atoms with E-state index in [9.17, 15) is 13.2 Å². The van der Waals surface area contributed by atoms with Gasteiger partial charge in [-0.3, -0.25) is 9.48 Å². The second-order valence-corrected chi connectivity index (χ2v) is 6.43. The van der Waals surface area contributed by atoms with Gasteiger partial charge in [0.1, 0.15) is 4.90 Å². The van der Waals surface area contributed by atoms with Crippen molar-refractivity contribution in [3.8, 4) is 0 Å². The van der Waals surface area contributed by atoms with Crippen molar-refractivity contribution in [2.45, 2.75) is 38.1 Å². The quantitative estimate of drug-likeness (QED) is 0.546. The van der Waals surface area contributed by atoms with Crippen molar-refractivity contribution in [2.75, 3.05) is 20.1 Å². The average molecular weight is 318 g/mol. The molecule has 1 aromatic heterocycles. The van der Waals surface area contributed by atoms with E-state index in [-0.39, 0.29) is 17.9 Å². The van der Waals surface area contributed by atoms with Crippen molar-refractivity contribution in [2.24, 2.45) is 0 Å². The minimum absolute atomic E-state index is 0.100. The van der Waals surface area contributed by atoms with Crippen LogP contribution in [0.4, 0.5) is 0 Å². The number of sulfonamides is 1. The Balaban J connectivity index is 2.88. The lowest BCUT2D eigenvalue weighted by Gasteiger charge is -2.07. The number of aromatic nitrogens is 2. The van der Waals surface area contributed by atoms with Crippen LogP contribution >= 0.6 is 0 Å². The van der Waals surface area contributed by atoms with Crippen LogP contribution in [0, 0.1) is 13.8 Å². The Bertz CT molecular complexity index is 595. The number of carbonyl (C=O) groups is 1. The van der Waals surface area contributed by atoms with Crippen LogP contribution in [0.1, 0.15) is 24.2 Å². The number of carboxylic acid groups (broad SMARTS) is 1. The molecule has 1 aromatic rings. The topological polar surface area (TPSA) is 113 Å². The van der Waals surface area contributed by atoms with Gasteiger partial charge in [-0.05, 0) is 33.9 Å². The lowest BCUT2D eigenvalue weighted by molar-refractivity contribution is -0.137. The van der Waals surface area contributed by atoms with Crippen molar-refractivity contribution in [1.82, 2.24) is 19.8 Å². The zero-order chi connectivity index (χ0) is 16.0. The van der Waals surface area contributed by atoms with Gasteiger partial charge < -0.3 is 10.4 Å².